The van der Waals surface area contributed by atoms with Crippen molar-refractivity contribution in [2.45, 2.75) is 25.8 Å². The van der Waals surface area contributed by atoms with Crippen molar-refractivity contribution in [3.63, 3.8) is 0 Å². The van der Waals surface area contributed by atoms with Crippen LogP contribution in [0.1, 0.15) is 24.8 Å². The second kappa shape index (κ2) is 9.37. The van der Waals surface area contributed by atoms with E-state index in [1.807, 2.05) is 30.4 Å². The van der Waals surface area contributed by atoms with E-state index in [0.29, 0.717) is 18.6 Å². The first-order valence-electron chi connectivity index (χ1n) is 6.37. The molecule has 0 heterocycles. The fourth-order valence-corrected chi connectivity index (χ4v) is 1.62. The predicted octanol–water partition coefficient (Wildman–Crippen LogP) is 3.26. The van der Waals surface area contributed by atoms with E-state index in [9.17, 15) is 4.79 Å². The third-order valence-corrected chi connectivity index (χ3v) is 2.61. The summed E-state index contributed by atoms with van der Waals surface area (Å²) in [5, 5.41) is 3.28. The zero-order valence-electron chi connectivity index (χ0n) is 10.8. The van der Waals surface area contributed by atoms with Crippen LogP contribution >= 0.6 is 0 Å². The Morgan fingerprint density at radius 1 is 1.22 bits per heavy atom. The number of carbonyl (C=O) groups is 1. The van der Waals surface area contributed by atoms with Gasteiger partial charge in [-0.3, -0.25) is 4.79 Å². The molecule has 1 rings (SSSR count). The van der Waals surface area contributed by atoms with Crippen molar-refractivity contribution in [2.75, 3.05) is 6.54 Å². The van der Waals surface area contributed by atoms with Gasteiger partial charge in [0.05, 0.1) is 0 Å². The number of benzene rings is 1. The molecule has 1 N–H and O–H groups in total. The molecule has 18 heavy (non-hydrogen) atoms. The molecule has 0 aliphatic heterocycles. The number of allylic oxidation sites excluding steroid dienone is 3. The molecule has 0 atom stereocenters. The molecule has 0 saturated heterocycles. The summed E-state index contributed by atoms with van der Waals surface area (Å²) in [6.45, 7) is 5.16. The van der Waals surface area contributed by atoms with Crippen molar-refractivity contribution in [1.82, 2.24) is 5.32 Å². The summed E-state index contributed by atoms with van der Waals surface area (Å²) in [6, 6.07) is 10.2. The summed E-state index contributed by atoms with van der Waals surface area (Å²) in [4.78, 5) is 11.5. The highest BCUT2D eigenvalue weighted by molar-refractivity contribution is 5.78. The van der Waals surface area contributed by atoms with Gasteiger partial charge in [-0.2, -0.15) is 0 Å². The number of rotatable bonds is 9. The van der Waals surface area contributed by atoms with Gasteiger partial charge in [-0.05, 0) is 12.0 Å². The van der Waals surface area contributed by atoms with E-state index in [4.69, 9.17) is 0 Å². The molecule has 0 bridgehead atoms. The van der Waals surface area contributed by atoms with Crippen molar-refractivity contribution in [1.29, 1.82) is 0 Å². The smallest absolute Gasteiger partial charge is 0.134 e. The summed E-state index contributed by atoms with van der Waals surface area (Å²) >= 11 is 0. The molecule has 1 aromatic rings. The standard InChI is InChI=1S/C16H21NO/c1-2-3-4-8-11-16(18)12-13-17-14-15-9-6-5-7-10-15/h2-7,9-10,17H,1,8,11-14H2/b4-3+. The first-order valence-corrected chi connectivity index (χ1v) is 6.37. The molecule has 1 aromatic carbocycles. The molecule has 0 unspecified atom stereocenters. The summed E-state index contributed by atoms with van der Waals surface area (Å²) < 4.78 is 0. The van der Waals surface area contributed by atoms with Crippen LogP contribution in [0.4, 0.5) is 0 Å². The SMILES string of the molecule is C=C/C=C/CCC(=O)CCNCc1ccccc1. The van der Waals surface area contributed by atoms with Gasteiger partial charge < -0.3 is 5.32 Å². The molecular weight excluding hydrogens is 222 g/mol. The zero-order chi connectivity index (χ0) is 13.1. The topological polar surface area (TPSA) is 29.1 Å². The van der Waals surface area contributed by atoms with Crippen LogP contribution in [0.3, 0.4) is 0 Å². The molecule has 0 amide bonds. The first-order chi connectivity index (χ1) is 8.83. The second-order valence-corrected chi connectivity index (χ2v) is 4.15. The highest BCUT2D eigenvalue weighted by Gasteiger charge is 1.99. The van der Waals surface area contributed by atoms with Gasteiger partial charge in [0.25, 0.3) is 0 Å². The Labute approximate surface area is 109 Å². The predicted molar refractivity (Wildman–Crippen MR) is 76.3 cm³/mol. The third kappa shape index (κ3) is 6.81. The Morgan fingerprint density at radius 3 is 2.72 bits per heavy atom. The monoisotopic (exact) mass is 243 g/mol. The van der Waals surface area contributed by atoms with Gasteiger partial charge in [-0.25, -0.2) is 0 Å². The maximum absolute atomic E-state index is 11.5. The van der Waals surface area contributed by atoms with E-state index in [-0.39, 0.29) is 0 Å². The highest BCUT2D eigenvalue weighted by Crippen LogP contribution is 1.99. The summed E-state index contributed by atoms with van der Waals surface area (Å²) in [6.07, 6.45) is 7.62. The largest absolute Gasteiger partial charge is 0.312 e. The maximum atomic E-state index is 11.5. The number of carbonyl (C=O) groups excluding carboxylic acids is 1. The van der Waals surface area contributed by atoms with E-state index in [1.54, 1.807) is 6.08 Å². The minimum atomic E-state index is 0.310. The minimum absolute atomic E-state index is 0.310. The fourth-order valence-electron chi connectivity index (χ4n) is 1.62. The van der Waals surface area contributed by atoms with Crippen LogP contribution in [0.25, 0.3) is 0 Å². The molecule has 2 heteroatoms. The second-order valence-electron chi connectivity index (χ2n) is 4.15. The van der Waals surface area contributed by atoms with Crippen molar-refractivity contribution in [3.8, 4) is 0 Å². The lowest BCUT2D eigenvalue weighted by atomic mass is 10.1. The van der Waals surface area contributed by atoms with Crippen LogP contribution < -0.4 is 5.32 Å². The van der Waals surface area contributed by atoms with Gasteiger partial charge in [-0.1, -0.05) is 55.1 Å². The number of hydrogen-bond acceptors (Lipinski definition) is 2. The minimum Gasteiger partial charge on any atom is -0.312 e. The summed E-state index contributed by atoms with van der Waals surface area (Å²) in [5.74, 6) is 0.310. The zero-order valence-corrected chi connectivity index (χ0v) is 10.8. The Bertz CT molecular complexity index is 381. The van der Waals surface area contributed by atoms with Crippen LogP contribution in [0, 0.1) is 0 Å². The Hall–Kier alpha value is -1.67. The van der Waals surface area contributed by atoms with Crippen molar-refractivity contribution >= 4 is 5.78 Å². The van der Waals surface area contributed by atoms with E-state index < -0.39 is 0 Å². The van der Waals surface area contributed by atoms with Crippen LogP contribution in [-0.2, 0) is 11.3 Å². The molecule has 2 nitrogen and oxygen atoms in total. The van der Waals surface area contributed by atoms with Crippen LogP contribution in [-0.4, -0.2) is 12.3 Å². The molecule has 0 spiro atoms. The maximum Gasteiger partial charge on any atom is 0.134 e. The average molecular weight is 243 g/mol. The van der Waals surface area contributed by atoms with Crippen LogP contribution in [0.15, 0.2) is 55.1 Å². The molecule has 0 fully saturated rings. The van der Waals surface area contributed by atoms with Crippen molar-refractivity contribution < 1.29 is 4.79 Å². The molecule has 0 aliphatic carbocycles. The van der Waals surface area contributed by atoms with E-state index >= 15 is 0 Å². The van der Waals surface area contributed by atoms with Gasteiger partial charge in [-0.15, -0.1) is 0 Å². The van der Waals surface area contributed by atoms with E-state index in [1.165, 1.54) is 5.56 Å². The first kappa shape index (κ1) is 14.4. The van der Waals surface area contributed by atoms with Crippen LogP contribution in [0.5, 0.6) is 0 Å². The van der Waals surface area contributed by atoms with Crippen LogP contribution in [0.2, 0.25) is 0 Å². The molecule has 0 saturated carbocycles. The van der Waals surface area contributed by atoms with Gasteiger partial charge >= 0.3 is 0 Å². The number of ketones is 1. The Kier molecular flexibility index (Phi) is 7.49. The van der Waals surface area contributed by atoms with Crippen molar-refractivity contribution in [2.24, 2.45) is 0 Å². The van der Waals surface area contributed by atoms with Crippen molar-refractivity contribution in [3.05, 3.63) is 60.7 Å². The summed E-state index contributed by atoms with van der Waals surface area (Å²) in [7, 11) is 0. The Morgan fingerprint density at radius 2 is 2.00 bits per heavy atom. The average Bonchev–Trinajstić information content (AvgIpc) is 2.41. The normalized spacial score (nSPS) is 10.7. The third-order valence-electron chi connectivity index (χ3n) is 2.61. The van der Waals surface area contributed by atoms with Gasteiger partial charge in [0.2, 0.25) is 0 Å². The lowest BCUT2D eigenvalue weighted by molar-refractivity contribution is -0.118. The van der Waals surface area contributed by atoms with Gasteiger partial charge in [0.1, 0.15) is 5.78 Å². The number of Topliss-reactive ketones (excluding diaryl/α,β-unsaturated/α-hetero) is 1. The lowest BCUT2D eigenvalue weighted by Gasteiger charge is -2.03. The van der Waals surface area contributed by atoms with Gasteiger partial charge in [0.15, 0.2) is 0 Å². The molecule has 96 valence electrons. The Balaban J connectivity index is 2.05. The molecular formula is C16H21NO. The molecule has 0 radical (unpaired) electrons. The van der Waals surface area contributed by atoms with E-state index in [2.05, 4.69) is 24.0 Å². The summed E-state index contributed by atoms with van der Waals surface area (Å²) in [5.41, 5.74) is 1.25. The fraction of sp³-hybridized carbons (Fsp3) is 0.312. The van der Waals surface area contributed by atoms with E-state index in [0.717, 1.165) is 19.5 Å². The number of hydrogen-bond donors (Lipinski definition) is 1. The van der Waals surface area contributed by atoms with Gasteiger partial charge in [0, 0.05) is 25.9 Å². The highest BCUT2D eigenvalue weighted by atomic mass is 16.1. The number of nitrogens with one attached hydrogen (secondary N) is 1. The molecule has 0 aromatic heterocycles. The lowest BCUT2D eigenvalue weighted by Crippen LogP contribution is -2.17. The quantitative estimate of drug-likeness (QED) is 0.533. The molecule has 0 aliphatic rings.